The summed E-state index contributed by atoms with van der Waals surface area (Å²) in [6, 6.07) is 2.91. The summed E-state index contributed by atoms with van der Waals surface area (Å²) in [5, 5.41) is 9.22. The molecule has 1 aromatic rings. The SMILES string of the molecule is COc1ccc(Cl)c(CC(C)(C)C(=O)O)c1F. The first kappa shape index (κ1) is 13.8. The van der Waals surface area contributed by atoms with Crippen LogP contribution in [-0.2, 0) is 11.2 Å². The van der Waals surface area contributed by atoms with Crippen LogP contribution >= 0.6 is 11.6 Å². The van der Waals surface area contributed by atoms with E-state index >= 15 is 0 Å². The number of carboxylic acids is 1. The van der Waals surface area contributed by atoms with Gasteiger partial charge >= 0.3 is 5.97 Å². The van der Waals surface area contributed by atoms with Gasteiger partial charge in [-0.05, 0) is 32.4 Å². The van der Waals surface area contributed by atoms with Crippen LogP contribution in [0, 0.1) is 11.2 Å². The van der Waals surface area contributed by atoms with Gasteiger partial charge in [-0.2, -0.15) is 0 Å². The van der Waals surface area contributed by atoms with E-state index in [1.165, 1.54) is 33.1 Å². The second kappa shape index (κ2) is 4.92. The second-order valence-corrected chi connectivity index (χ2v) is 4.82. The molecule has 0 saturated carbocycles. The van der Waals surface area contributed by atoms with Crippen LogP contribution in [0.5, 0.6) is 5.75 Å². The van der Waals surface area contributed by atoms with Gasteiger partial charge in [0.05, 0.1) is 12.5 Å². The summed E-state index contributed by atoms with van der Waals surface area (Å²) < 4.78 is 18.8. The van der Waals surface area contributed by atoms with E-state index in [2.05, 4.69) is 0 Å². The molecule has 3 nitrogen and oxygen atoms in total. The lowest BCUT2D eigenvalue weighted by atomic mass is 9.85. The van der Waals surface area contributed by atoms with Gasteiger partial charge in [0.1, 0.15) is 0 Å². The molecule has 0 radical (unpaired) electrons. The summed E-state index contributed by atoms with van der Waals surface area (Å²) >= 11 is 5.88. The van der Waals surface area contributed by atoms with E-state index in [4.69, 9.17) is 21.4 Å². The maximum Gasteiger partial charge on any atom is 0.309 e. The summed E-state index contributed by atoms with van der Waals surface area (Å²) in [5.41, 5.74) is -0.921. The van der Waals surface area contributed by atoms with E-state index in [1.807, 2.05) is 0 Å². The molecule has 94 valence electrons. The first-order chi connectivity index (χ1) is 7.79. The summed E-state index contributed by atoms with van der Waals surface area (Å²) in [7, 11) is 1.35. The van der Waals surface area contributed by atoms with Crippen LogP contribution in [0.1, 0.15) is 19.4 Å². The fourth-order valence-electron chi connectivity index (χ4n) is 1.41. The molecule has 0 aliphatic rings. The Hall–Kier alpha value is -1.29. The Morgan fingerprint density at radius 3 is 2.59 bits per heavy atom. The summed E-state index contributed by atoms with van der Waals surface area (Å²) in [6.07, 6.45) is 0.00417. The van der Waals surface area contributed by atoms with E-state index in [0.717, 1.165) is 0 Å². The number of hydrogen-bond acceptors (Lipinski definition) is 2. The van der Waals surface area contributed by atoms with Crippen LogP contribution in [-0.4, -0.2) is 18.2 Å². The number of methoxy groups -OCH3 is 1. The van der Waals surface area contributed by atoms with Crippen molar-refractivity contribution in [2.24, 2.45) is 5.41 Å². The maximum absolute atomic E-state index is 13.9. The van der Waals surface area contributed by atoms with Crippen molar-refractivity contribution in [1.82, 2.24) is 0 Å². The Morgan fingerprint density at radius 1 is 1.53 bits per heavy atom. The first-order valence-corrected chi connectivity index (χ1v) is 5.41. The number of halogens is 2. The lowest BCUT2D eigenvalue weighted by molar-refractivity contribution is -0.146. The van der Waals surface area contributed by atoms with Gasteiger partial charge in [0.25, 0.3) is 0 Å². The molecule has 0 amide bonds. The van der Waals surface area contributed by atoms with E-state index in [9.17, 15) is 9.18 Å². The van der Waals surface area contributed by atoms with Gasteiger partial charge in [-0.25, -0.2) is 4.39 Å². The van der Waals surface area contributed by atoms with Crippen molar-refractivity contribution in [2.45, 2.75) is 20.3 Å². The molecule has 0 aliphatic carbocycles. The minimum Gasteiger partial charge on any atom is -0.494 e. The van der Waals surface area contributed by atoms with Gasteiger partial charge in [-0.1, -0.05) is 11.6 Å². The van der Waals surface area contributed by atoms with Gasteiger partial charge in [-0.3, -0.25) is 4.79 Å². The molecule has 0 unspecified atom stereocenters. The topological polar surface area (TPSA) is 46.5 Å². The molecule has 0 spiro atoms. The molecule has 1 aromatic carbocycles. The fraction of sp³-hybridized carbons (Fsp3) is 0.417. The lowest BCUT2D eigenvalue weighted by Gasteiger charge is -2.20. The molecule has 1 N–H and O–H groups in total. The summed E-state index contributed by atoms with van der Waals surface area (Å²) in [4.78, 5) is 11.0. The van der Waals surface area contributed by atoms with E-state index in [-0.39, 0.29) is 22.8 Å². The molecule has 0 aliphatic heterocycles. The predicted octanol–water partition coefficient (Wildman–Crippen LogP) is 3.14. The highest BCUT2D eigenvalue weighted by Gasteiger charge is 2.30. The zero-order valence-electron chi connectivity index (χ0n) is 9.88. The highest BCUT2D eigenvalue weighted by molar-refractivity contribution is 6.31. The zero-order valence-corrected chi connectivity index (χ0v) is 10.6. The molecule has 0 saturated heterocycles. The van der Waals surface area contributed by atoms with Crippen LogP contribution in [0.2, 0.25) is 5.02 Å². The monoisotopic (exact) mass is 260 g/mol. The van der Waals surface area contributed by atoms with Crippen molar-refractivity contribution >= 4 is 17.6 Å². The average Bonchev–Trinajstić information content (AvgIpc) is 2.24. The van der Waals surface area contributed by atoms with Crippen molar-refractivity contribution in [1.29, 1.82) is 0 Å². The normalized spacial score (nSPS) is 11.4. The van der Waals surface area contributed by atoms with Crippen molar-refractivity contribution in [3.05, 3.63) is 28.5 Å². The van der Waals surface area contributed by atoms with Crippen molar-refractivity contribution in [3.63, 3.8) is 0 Å². The van der Waals surface area contributed by atoms with Gasteiger partial charge in [0.2, 0.25) is 0 Å². The van der Waals surface area contributed by atoms with Crippen molar-refractivity contribution in [3.8, 4) is 5.75 Å². The summed E-state index contributed by atoms with van der Waals surface area (Å²) in [6.45, 7) is 3.04. The number of benzene rings is 1. The highest BCUT2D eigenvalue weighted by Crippen LogP contribution is 2.32. The van der Waals surface area contributed by atoms with E-state index in [0.29, 0.717) is 0 Å². The smallest absolute Gasteiger partial charge is 0.309 e. The number of hydrogen-bond donors (Lipinski definition) is 1. The molecular weight excluding hydrogens is 247 g/mol. The number of ether oxygens (including phenoxy) is 1. The maximum atomic E-state index is 13.9. The minimum atomic E-state index is -1.09. The van der Waals surface area contributed by atoms with E-state index < -0.39 is 17.2 Å². The number of aliphatic carboxylic acids is 1. The Labute approximate surface area is 104 Å². The van der Waals surface area contributed by atoms with Gasteiger partial charge in [-0.15, -0.1) is 0 Å². The third-order valence-electron chi connectivity index (χ3n) is 2.57. The van der Waals surface area contributed by atoms with Crippen LogP contribution in [0.4, 0.5) is 4.39 Å². The molecule has 0 aromatic heterocycles. The molecular formula is C12H14ClFO3. The van der Waals surface area contributed by atoms with Gasteiger partial charge in [0.15, 0.2) is 11.6 Å². The molecule has 0 fully saturated rings. The second-order valence-electron chi connectivity index (χ2n) is 4.41. The van der Waals surface area contributed by atoms with Gasteiger partial charge in [0, 0.05) is 10.6 Å². The number of carboxylic acid groups (broad SMARTS) is 1. The Balaban J connectivity index is 3.18. The molecule has 1 rings (SSSR count). The largest absolute Gasteiger partial charge is 0.494 e. The van der Waals surface area contributed by atoms with Crippen molar-refractivity contribution in [2.75, 3.05) is 7.11 Å². The first-order valence-electron chi connectivity index (χ1n) is 5.04. The molecule has 0 heterocycles. The minimum absolute atomic E-state index is 0.00417. The molecule has 17 heavy (non-hydrogen) atoms. The van der Waals surface area contributed by atoms with Crippen molar-refractivity contribution < 1.29 is 19.0 Å². The standard InChI is InChI=1S/C12H14ClFO3/c1-12(2,11(15)16)6-7-8(13)4-5-9(17-3)10(7)14/h4-5H,6H2,1-3H3,(H,15,16). The fourth-order valence-corrected chi connectivity index (χ4v) is 1.63. The van der Waals surface area contributed by atoms with E-state index in [1.54, 1.807) is 0 Å². The predicted molar refractivity (Wildman–Crippen MR) is 63.1 cm³/mol. The molecule has 0 bridgehead atoms. The summed E-state index contributed by atoms with van der Waals surface area (Å²) in [5.74, 6) is -1.55. The zero-order chi connectivity index (χ0) is 13.2. The molecule has 0 atom stereocenters. The third kappa shape index (κ3) is 2.88. The van der Waals surface area contributed by atoms with Crippen LogP contribution < -0.4 is 4.74 Å². The Bertz CT molecular complexity index is 444. The lowest BCUT2D eigenvalue weighted by Crippen LogP contribution is -2.26. The highest BCUT2D eigenvalue weighted by atomic mass is 35.5. The molecule has 5 heteroatoms. The third-order valence-corrected chi connectivity index (χ3v) is 2.92. The Kier molecular flexibility index (Phi) is 3.98. The number of carbonyl (C=O) groups is 1. The van der Waals surface area contributed by atoms with Crippen LogP contribution in [0.25, 0.3) is 0 Å². The van der Waals surface area contributed by atoms with Crippen LogP contribution in [0.15, 0.2) is 12.1 Å². The van der Waals surface area contributed by atoms with Gasteiger partial charge < -0.3 is 9.84 Å². The van der Waals surface area contributed by atoms with Crippen LogP contribution in [0.3, 0.4) is 0 Å². The Morgan fingerprint density at radius 2 is 2.12 bits per heavy atom. The number of rotatable bonds is 4. The average molecular weight is 261 g/mol. The quantitative estimate of drug-likeness (QED) is 0.905.